The van der Waals surface area contributed by atoms with E-state index in [0.29, 0.717) is 0 Å². The molecular weight excluding hydrogens is 204 g/mol. The summed E-state index contributed by atoms with van der Waals surface area (Å²) >= 11 is 3.48. The van der Waals surface area contributed by atoms with Gasteiger partial charge in [-0.1, -0.05) is 15.9 Å². The molecule has 1 aliphatic rings. The standard InChI is InChI=1S/C8H17BrN2/c1-10-5-3-4-8(6-10)11(2)7-9/h8H,3-7H2,1-2H3. The Morgan fingerprint density at radius 3 is 2.91 bits per heavy atom. The van der Waals surface area contributed by atoms with Crippen LogP contribution < -0.4 is 0 Å². The van der Waals surface area contributed by atoms with Gasteiger partial charge in [0.15, 0.2) is 0 Å². The zero-order valence-corrected chi connectivity index (χ0v) is 8.97. The number of likely N-dealkylation sites (tertiary alicyclic amines) is 1. The van der Waals surface area contributed by atoms with E-state index in [1.807, 2.05) is 0 Å². The van der Waals surface area contributed by atoms with Crippen LogP contribution in [0, 0.1) is 0 Å². The number of rotatable bonds is 2. The van der Waals surface area contributed by atoms with Gasteiger partial charge >= 0.3 is 0 Å². The van der Waals surface area contributed by atoms with Gasteiger partial charge in [-0.2, -0.15) is 0 Å². The molecule has 1 rings (SSSR count). The van der Waals surface area contributed by atoms with Crippen LogP contribution in [0.1, 0.15) is 12.8 Å². The summed E-state index contributed by atoms with van der Waals surface area (Å²) in [5, 5.41) is 0. The van der Waals surface area contributed by atoms with Crippen LogP contribution in [0.25, 0.3) is 0 Å². The summed E-state index contributed by atoms with van der Waals surface area (Å²) in [6, 6.07) is 0.758. The summed E-state index contributed by atoms with van der Waals surface area (Å²) in [5.41, 5.74) is 0.992. The molecule has 0 amide bonds. The van der Waals surface area contributed by atoms with Crippen LogP contribution in [0.4, 0.5) is 0 Å². The second-order valence-corrected chi connectivity index (χ2v) is 3.94. The van der Waals surface area contributed by atoms with Gasteiger partial charge in [0.05, 0.1) is 5.45 Å². The van der Waals surface area contributed by atoms with Gasteiger partial charge in [0.1, 0.15) is 0 Å². The molecule has 0 aromatic heterocycles. The SMILES string of the molecule is CN1CCCC(N(C)CBr)C1. The van der Waals surface area contributed by atoms with Crippen LogP contribution >= 0.6 is 15.9 Å². The number of hydrogen-bond donors (Lipinski definition) is 0. The Morgan fingerprint density at radius 2 is 2.36 bits per heavy atom. The molecule has 0 saturated carbocycles. The second kappa shape index (κ2) is 4.43. The van der Waals surface area contributed by atoms with Gasteiger partial charge in [-0.15, -0.1) is 0 Å². The number of likely N-dealkylation sites (N-methyl/N-ethyl adjacent to an activating group) is 2. The molecule has 0 radical (unpaired) electrons. The Morgan fingerprint density at radius 1 is 1.64 bits per heavy atom. The minimum atomic E-state index is 0.758. The Labute approximate surface area is 77.7 Å². The molecule has 1 fully saturated rings. The Hall–Kier alpha value is 0.400. The Balaban J connectivity index is 2.33. The molecule has 0 aromatic carbocycles. The molecule has 66 valence electrons. The van der Waals surface area contributed by atoms with Crippen molar-refractivity contribution in [1.29, 1.82) is 0 Å². The summed E-state index contributed by atoms with van der Waals surface area (Å²) in [4.78, 5) is 4.78. The molecule has 0 aromatic rings. The van der Waals surface area contributed by atoms with E-state index in [9.17, 15) is 0 Å². The maximum atomic E-state index is 3.48. The summed E-state index contributed by atoms with van der Waals surface area (Å²) < 4.78 is 0. The molecule has 0 aliphatic carbocycles. The highest BCUT2D eigenvalue weighted by Gasteiger charge is 2.19. The molecule has 1 saturated heterocycles. The van der Waals surface area contributed by atoms with E-state index in [0.717, 1.165) is 11.5 Å². The maximum absolute atomic E-state index is 3.48. The van der Waals surface area contributed by atoms with Gasteiger partial charge in [-0.25, -0.2) is 0 Å². The van der Waals surface area contributed by atoms with E-state index in [-0.39, 0.29) is 0 Å². The molecule has 0 N–H and O–H groups in total. The monoisotopic (exact) mass is 220 g/mol. The lowest BCUT2D eigenvalue weighted by molar-refractivity contribution is 0.152. The van der Waals surface area contributed by atoms with Crippen molar-refractivity contribution in [1.82, 2.24) is 9.80 Å². The highest BCUT2D eigenvalue weighted by atomic mass is 79.9. The van der Waals surface area contributed by atoms with E-state index in [2.05, 4.69) is 39.8 Å². The summed E-state index contributed by atoms with van der Waals surface area (Å²) in [6.07, 6.45) is 2.70. The number of piperidine rings is 1. The van der Waals surface area contributed by atoms with Crippen molar-refractivity contribution < 1.29 is 0 Å². The Kier molecular flexibility index (Phi) is 3.82. The van der Waals surface area contributed by atoms with Gasteiger partial charge < -0.3 is 4.90 Å². The van der Waals surface area contributed by atoms with Crippen molar-refractivity contribution in [3.63, 3.8) is 0 Å². The van der Waals surface area contributed by atoms with Crippen LogP contribution in [0.2, 0.25) is 0 Å². The normalized spacial score (nSPS) is 27.8. The molecule has 1 heterocycles. The van der Waals surface area contributed by atoms with Gasteiger partial charge in [-0.05, 0) is 33.5 Å². The molecule has 1 aliphatic heterocycles. The fourth-order valence-corrected chi connectivity index (χ4v) is 2.01. The van der Waals surface area contributed by atoms with Gasteiger partial charge in [0.2, 0.25) is 0 Å². The number of nitrogens with zero attached hydrogens (tertiary/aromatic N) is 2. The Bertz CT molecular complexity index is 119. The van der Waals surface area contributed by atoms with Gasteiger partial charge in [0, 0.05) is 12.6 Å². The lowest BCUT2D eigenvalue weighted by atomic mass is 10.1. The van der Waals surface area contributed by atoms with Crippen molar-refractivity contribution in [2.24, 2.45) is 0 Å². The van der Waals surface area contributed by atoms with Crippen molar-refractivity contribution in [2.45, 2.75) is 18.9 Å². The first-order chi connectivity index (χ1) is 5.24. The van der Waals surface area contributed by atoms with Crippen LogP contribution in [0.15, 0.2) is 0 Å². The average Bonchev–Trinajstić information content (AvgIpc) is 2.03. The lowest BCUT2D eigenvalue weighted by Crippen LogP contribution is -2.44. The second-order valence-electron chi connectivity index (χ2n) is 3.43. The average molecular weight is 221 g/mol. The third-order valence-electron chi connectivity index (χ3n) is 2.41. The predicted molar refractivity (Wildman–Crippen MR) is 52.1 cm³/mol. The predicted octanol–water partition coefficient (Wildman–Crippen LogP) is 1.36. The zero-order chi connectivity index (χ0) is 8.27. The fraction of sp³-hybridized carbons (Fsp3) is 1.00. The third-order valence-corrected chi connectivity index (χ3v) is 3.20. The zero-order valence-electron chi connectivity index (χ0n) is 7.39. The minimum Gasteiger partial charge on any atom is -0.305 e. The highest BCUT2D eigenvalue weighted by molar-refractivity contribution is 9.09. The summed E-state index contributed by atoms with van der Waals surface area (Å²) in [6.45, 7) is 2.49. The van der Waals surface area contributed by atoms with Crippen LogP contribution in [-0.4, -0.2) is 48.5 Å². The van der Waals surface area contributed by atoms with Crippen LogP contribution in [0.5, 0.6) is 0 Å². The van der Waals surface area contributed by atoms with Crippen LogP contribution in [0.3, 0.4) is 0 Å². The van der Waals surface area contributed by atoms with E-state index in [1.54, 1.807) is 0 Å². The highest BCUT2D eigenvalue weighted by Crippen LogP contribution is 2.13. The summed E-state index contributed by atoms with van der Waals surface area (Å²) in [5.74, 6) is 0. The third kappa shape index (κ3) is 2.73. The molecule has 3 heteroatoms. The first-order valence-electron chi connectivity index (χ1n) is 4.19. The van der Waals surface area contributed by atoms with Gasteiger partial charge in [0.25, 0.3) is 0 Å². The van der Waals surface area contributed by atoms with Crippen molar-refractivity contribution in [3.8, 4) is 0 Å². The van der Waals surface area contributed by atoms with Crippen molar-refractivity contribution >= 4 is 15.9 Å². The molecular formula is C8H17BrN2. The minimum absolute atomic E-state index is 0.758. The van der Waals surface area contributed by atoms with E-state index >= 15 is 0 Å². The van der Waals surface area contributed by atoms with Gasteiger partial charge in [-0.3, -0.25) is 4.90 Å². The van der Waals surface area contributed by atoms with E-state index < -0.39 is 0 Å². The molecule has 2 nitrogen and oxygen atoms in total. The van der Waals surface area contributed by atoms with E-state index in [1.165, 1.54) is 25.9 Å². The van der Waals surface area contributed by atoms with Crippen molar-refractivity contribution in [2.75, 3.05) is 32.6 Å². The number of halogens is 1. The molecule has 1 unspecified atom stereocenters. The molecule has 0 bridgehead atoms. The smallest absolute Gasteiger partial charge is 0.0542 e. The molecule has 0 spiro atoms. The first-order valence-corrected chi connectivity index (χ1v) is 5.31. The van der Waals surface area contributed by atoms with E-state index in [4.69, 9.17) is 0 Å². The summed E-state index contributed by atoms with van der Waals surface area (Å²) in [7, 11) is 4.38. The number of hydrogen-bond acceptors (Lipinski definition) is 2. The largest absolute Gasteiger partial charge is 0.305 e. The lowest BCUT2D eigenvalue weighted by Gasteiger charge is -2.34. The quantitative estimate of drug-likeness (QED) is 0.513. The molecule has 1 atom stereocenters. The van der Waals surface area contributed by atoms with Crippen LogP contribution in [-0.2, 0) is 0 Å². The topological polar surface area (TPSA) is 6.48 Å². The maximum Gasteiger partial charge on any atom is 0.0542 e. The van der Waals surface area contributed by atoms with Crippen molar-refractivity contribution in [3.05, 3.63) is 0 Å². The molecule has 11 heavy (non-hydrogen) atoms. The number of alkyl halides is 1. The first kappa shape index (κ1) is 9.49. The fourth-order valence-electron chi connectivity index (χ4n) is 1.60.